The molecule has 17 heavy (non-hydrogen) atoms. The van der Waals surface area contributed by atoms with Gasteiger partial charge in [0.25, 0.3) is 5.09 Å². The van der Waals surface area contributed by atoms with Crippen molar-refractivity contribution in [1.82, 2.24) is 10.6 Å². The molecule has 0 spiro atoms. The average molecular weight is 248 g/mol. The molecule has 0 aliphatic heterocycles. The van der Waals surface area contributed by atoms with Crippen LogP contribution in [-0.4, -0.2) is 34.3 Å². The molecule has 0 saturated carbocycles. The molecule has 0 heterocycles. The first-order valence-corrected chi connectivity index (χ1v) is 4.86. The Hall–Kier alpha value is -2.06. The Morgan fingerprint density at radius 1 is 1.59 bits per heavy atom. The summed E-state index contributed by atoms with van der Waals surface area (Å²) >= 11 is 0. The van der Waals surface area contributed by atoms with Crippen LogP contribution in [0.15, 0.2) is 4.99 Å². The Morgan fingerprint density at radius 3 is 2.24 bits per heavy atom. The molecule has 9 nitrogen and oxygen atoms in total. The smallest absolute Gasteiger partial charge is 0.291 e. The number of guanidine groups is 2. The van der Waals surface area contributed by atoms with Gasteiger partial charge in [-0.05, 0) is 27.7 Å². The molecule has 0 amide bonds. The van der Waals surface area contributed by atoms with E-state index in [4.69, 9.17) is 26.5 Å². The SMILES string of the molecule is CCN/C(=N/C(C)(C)C)NC(=N)N.O=[N+]([O-])O. The summed E-state index contributed by atoms with van der Waals surface area (Å²) in [5, 5.41) is 26.3. The molecule has 0 rings (SSSR count). The molecule has 0 radical (unpaired) electrons. The van der Waals surface area contributed by atoms with Crippen molar-refractivity contribution in [3.8, 4) is 0 Å². The highest BCUT2D eigenvalue weighted by atomic mass is 16.9. The third-order valence-electron chi connectivity index (χ3n) is 1.04. The highest BCUT2D eigenvalue weighted by Crippen LogP contribution is 2.05. The summed E-state index contributed by atoms with van der Waals surface area (Å²) in [6.07, 6.45) is 0. The van der Waals surface area contributed by atoms with Crippen LogP contribution in [0.3, 0.4) is 0 Å². The van der Waals surface area contributed by atoms with E-state index in [0.29, 0.717) is 5.96 Å². The van der Waals surface area contributed by atoms with Crippen LogP contribution in [0.5, 0.6) is 0 Å². The quantitative estimate of drug-likeness (QED) is 0.189. The maximum Gasteiger partial charge on any atom is 0.291 e. The van der Waals surface area contributed by atoms with E-state index >= 15 is 0 Å². The Labute approximate surface area is 99.7 Å². The fourth-order valence-corrected chi connectivity index (χ4v) is 0.742. The molecular formula is C8H20N6O3. The third kappa shape index (κ3) is 20.1. The van der Waals surface area contributed by atoms with Gasteiger partial charge in [-0.1, -0.05) is 0 Å². The average Bonchev–Trinajstić information content (AvgIpc) is 1.97. The van der Waals surface area contributed by atoms with Crippen molar-refractivity contribution >= 4 is 11.9 Å². The summed E-state index contributed by atoms with van der Waals surface area (Å²) in [5.74, 6) is 0.437. The van der Waals surface area contributed by atoms with Crippen LogP contribution in [0.1, 0.15) is 27.7 Å². The first-order valence-electron chi connectivity index (χ1n) is 4.86. The Kier molecular flexibility index (Phi) is 8.30. The number of hydrogen-bond acceptors (Lipinski definition) is 4. The number of rotatable bonds is 1. The van der Waals surface area contributed by atoms with E-state index in [0.717, 1.165) is 6.54 Å². The second-order valence-electron chi connectivity index (χ2n) is 3.94. The zero-order valence-electron chi connectivity index (χ0n) is 10.4. The molecule has 0 unspecified atom stereocenters. The van der Waals surface area contributed by atoms with Gasteiger partial charge < -0.3 is 16.3 Å². The minimum Gasteiger partial charge on any atom is -0.370 e. The lowest BCUT2D eigenvalue weighted by Gasteiger charge is -2.16. The van der Waals surface area contributed by atoms with Gasteiger partial charge in [-0.2, -0.15) is 0 Å². The second-order valence-corrected chi connectivity index (χ2v) is 3.94. The lowest BCUT2D eigenvalue weighted by Crippen LogP contribution is -2.45. The summed E-state index contributed by atoms with van der Waals surface area (Å²) in [6.45, 7) is 8.64. The van der Waals surface area contributed by atoms with Crippen molar-refractivity contribution in [1.29, 1.82) is 5.41 Å². The zero-order chi connectivity index (χ0) is 14.1. The normalized spacial score (nSPS) is 10.9. The van der Waals surface area contributed by atoms with Crippen LogP contribution in [0.25, 0.3) is 0 Å². The first kappa shape index (κ1) is 17.3. The van der Waals surface area contributed by atoms with Crippen LogP contribution in [-0.2, 0) is 0 Å². The van der Waals surface area contributed by atoms with E-state index in [1.54, 1.807) is 0 Å². The highest BCUT2D eigenvalue weighted by Gasteiger charge is 2.09. The van der Waals surface area contributed by atoms with Gasteiger partial charge in [-0.3, -0.25) is 10.7 Å². The molecule has 0 aromatic rings. The Balaban J connectivity index is 0. The van der Waals surface area contributed by atoms with E-state index in [1.165, 1.54) is 0 Å². The Bertz CT molecular complexity index is 279. The van der Waals surface area contributed by atoms with Gasteiger partial charge in [0.1, 0.15) is 0 Å². The van der Waals surface area contributed by atoms with Gasteiger partial charge >= 0.3 is 0 Å². The molecule has 0 aliphatic rings. The highest BCUT2D eigenvalue weighted by molar-refractivity contribution is 5.96. The Morgan fingerprint density at radius 2 is 2.00 bits per heavy atom. The fourth-order valence-electron chi connectivity index (χ4n) is 0.742. The molecule has 0 aromatic carbocycles. The molecule has 0 aliphatic carbocycles. The minimum atomic E-state index is -1.50. The molecule has 0 bridgehead atoms. The molecule has 0 aromatic heterocycles. The van der Waals surface area contributed by atoms with Crippen LogP contribution in [0.2, 0.25) is 0 Å². The number of nitrogens with zero attached hydrogens (tertiary/aromatic N) is 2. The second kappa shape index (κ2) is 8.13. The van der Waals surface area contributed by atoms with E-state index < -0.39 is 5.09 Å². The van der Waals surface area contributed by atoms with Crippen molar-refractivity contribution in [3.05, 3.63) is 10.1 Å². The molecular weight excluding hydrogens is 228 g/mol. The van der Waals surface area contributed by atoms with Gasteiger partial charge in [-0.25, -0.2) is 4.99 Å². The van der Waals surface area contributed by atoms with E-state index in [1.807, 2.05) is 27.7 Å². The van der Waals surface area contributed by atoms with E-state index in [-0.39, 0.29) is 11.5 Å². The summed E-state index contributed by atoms with van der Waals surface area (Å²) in [7, 11) is 0. The maximum absolute atomic E-state index is 8.36. The third-order valence-corrected chi connectivity index (χ3v) is 1.04. The number of nitrogens with two attached hydrogens (primary N) is 1. The predicted molar refractivity (Wildman–Crippen MR) is 64.7 cm³/mol. The van der Waals surface area contributed by atoms with Gasteiger partial charge in [-0.15, -0.1) is 10.1 Å². The zero-order valence-corrected chi connectivity index (χ0v) is 10.4. The summed E-state index contributed by atoms with van der Waals surface area (Å²) in [4.78, 5) is 12.7. The maximum atomic E-state index is 8.36. The number of nitrogens with one attached hydrogen (secondary N) is 3. The molecule has 0 fully saturated rings. The summed E-state index contributed by atoms with van der Waals surface area (Å²) in [6, 6.07) is 0. The fraction of sp³-hybridized carbons (Fsp3) is 0.750. The number of hydrogen-bond donors (Lipinski definition) is 5. The molecule has 100 valence electrons. The largest absolute Gasteiger partial charge is 0.370 e. The minimum absolute atomic E-state index is 0.107. The van der Waals surface area contributed by atoms with Crippen molar-refractivity contribution in [3.63, 3.8) is 0 Å². The van der Waals surface area contributed by atoms with Crippen LogP contribution >= 0.6 is 0 Å². The van der Waals surface area contributed by atoms with Gasteiger partial charge in [0.2, 0.25) is 0 Å². The standard InChI is InChI=1S/C8H19N5.HNO3/c1-5-11-7(12-6(9)10)13-8(2,3)4;2-1(3)4/h5H2,1-4H3,(H5,9,10,11,12,13);(H,2,3,4). The van der Waals surface area contributed by atoms with Crippen molar-refractivity contribution in [2.45, 2.75) is 33.2 Å². The predicted octanol–water partition coefficient (Wildman–Crippen LogP) is -0.114. The van der Waals surface area contributed by atoms with Gasteiger partial charge in [0.05, 0.1) is 5.54 Å². The lowest BCUT2D eigenvalue weighted by molar-refractivity contribution is -0.742. The monoisotopic (exact) mass is 248 g/mol. The van der Waals surface area contributed by atoms with Gasteiger partial charge in [0.15, 0.2) is 11.9 Å². The molecule has 0 saturated heterocycles. The van der Waals surface area contributed by atoms with E-state index in [9.17, 15) is 0 Å². The first-order chi connectivity index (χ1) is 7.58. The van der Waals surface area contributed by atoms with Crippen molar-refractivity contribution < 1.29 is 10.3 Å². The van der Waals surface area contributed by atoms with Crippen LogP contribution in [0.4, 0.5) is 0 Å². The van der Waals surface area contributed by atoms with Crippen molar-refractivity contribution in [2.24, 2.45) is 10.7 Å². The summed E-state index contributed by atoms with van der Waals surface area (Å²) in [5.41, 5.74) is 5.01. The summed E-state index contributed by atoms with van der Waals surface area (Å²) < 4.78 is 0. The topological polar surface area (TPSA) is 150 Å². The van der Waals surface area contributed by atoms with E-state index in [2.05, 4.69) is 15.6 Å². The molecule has 6 N–H and O–H groups in total. The van der Waals surface area contributed by atoms with Gasteiger partial charge in [0, 0.05) is 6.54 Å². The lowest BCUT2D eigenvalue weighted by atomic mass is 10.1. The molecule has 0 atom stereocenters. The van der Waals surface area contributed by atoms with Crippen LogP contribution in [0, 0.1) is 15.5 Å². The number of aliphatic imine (C=N–C) groups is 1. The van der Waals surface area contributed by atoms with Crippen LogP contribution < -0.4 is 16.4 Å². The molecule has 9 heteroatoms. The van der Waals surface area contributed by atoms with Crippen molar-refractivity contribution in [2.75, 3.05) is 6.54 Å².